The lowest BCUT2D eigenvalue weighted by molar-refractivity contribution is 0.282. The van der Waals surface area contributed by atoms with E-state index in [1.54, 1.807) is 16.6 Å². The van der Waals surface area contributed by atoms with E-state index in [4.69, 9.17) is 0 Å². The van der Waals surface area contributed by atoms with Crippen LogP contribution in [0.5, 0.6) is 0 Å². The molecule has 1 aromatic heterocycles. The second-order valence-corrected chi connectivity index (χ2v) is 8.32. The predicted octanol–water partition coefficient (Wildman–Crippen LogP) is 2.22. The highest BCUT2D eigenvalue weighted by atomic mass is 32.2. The Balaban J connectivity index is 2.31. The number of aliphatic hydroxyl groups is 1. The molecule has 0 spiro atoms. The zero-order chi connectivity index (χ0) is 14.2. The Morgan fingerprint density at radius 2 is 2.21 bits per heavy atom. The summed E-state index contributed by atoms with van der Waals surface area (Å²) in [6, 6.07) is 0. The van der Waals surface area contributed by atoms with Gasteiger partial charge in [-0.1, -0.05) is 13.8 Å². The SMILES string of the molecule is Cc1csc(CO)c1S(=O)(=O)N1CCC(C(C)C)C1. The number of hydrogen-bond donors (Lipinski definition) is 1. The van der Waals surface area contributed by atoms with E-state index in [2.05, 4.69) is 13.8 Å². The fraction of sp³-hybridized carbons (Fsp3) is 0.692. The Bertz CT molecular complexity index is 548. The van der Waals surface area contributed by atoms with Crippen molar-refractivity contribution in [3.8, 4) is 0 Å². The van der Waals surface area contributed by atoms with Crippen molar-refractivity contribution in [2.75, 3.05) is 13.1 Å². The van der Waals surface area contributed by atoms with Crippen LogP contribution < -0.4 is 0 Å². The maximum Gasteiger partial charge on any atom is 0.244 e. The molecule has 2 heterocycles. The molecule has 2 rings (SSSR count). The number of aryl methyl sites for hydroxylation is 1. The topological polar surface area (TPSA) is 57.6 Å². The van der Waals surface area contributed by atoms with Gasteiger partial charge in [-0.3, -0.25) is 0 Å². The highest BCUT2D eigenvalue weighted by Crippen LogP contribution is 2.33. The van der Waals surface area contributed by atoms with Crippen LogP contribution in [0.3, 0.4) is 0 Å². The molecule has 1 aliphatic heterocycles. The third-order valence-electron chi connectivity index (χ3n) is 3.86. The van der Waals surface area contributed by atoms with Crippen molar-refractivity contribution in [3.63, 3.8) is 0 Å². The van der Waals surface area contributed by atoms with Crippen LogP contribution in [0.1, 0.15) is 30.7 Å². The summed E-state index contributed by atoms with van der Waals surface area (Å²) in [5, 5.41) is 11.1. The molecule has 0 radical (unpaired) electrons. The second-order valence-electron chi connectivity index (χ2n) is 5.48. The molecule has 1 aliphatic rings. The molecule has 6 heteroatoms. The molecule has 0 saturated carbocycles. The average molecular weight is 303 g/mol. The highest BCUT2D eigenvalue weighted by Gasteiger charge is 2.36. The third kappa shape index (κ3) is 2.72. The summed E-state index contributed by atoms with van der Waals surface area (Å²) in [6.45, 7) is 7.03. The lowest BCUT2D eigenvalue weighted by Crippen LogP contribution is -2.30. The second kappa shape index (κ2) is 5.52. The van der Waals surface area contributed by atoms with Gasteiger partial charge in [0.1, 0.15) is 4.90 Å². The number of sulfonamides is 1. The quantitative estimate of drug-likeness (QED) is 0.928. The van der Waals surface area contributed by atoms with Crippen LogP contribution in [0.25, 0.3) is 0 Å². The molecular weight excluding hydrogens is 282 g/mol. The minimum absolute atomic E-state index is 0.214. The molecule has 1 N–H and O–H groups in total. The fourth-order valence-corrected chi connectivity index (χ4v) is 5.71. The summed E-state index contributed by atoms with van der Waals surface area (Å²) >= 11 is 1.31. The Morgan fingerprint density at radius 3 is 2.74 bits per heavy atom. The van der Waals surface area contributed by atoms with Crippen molar-refractivity contribution < 1.29 is 13.5 Å². The molecule has 1 fully saturated rings. The summed E-state index contributed by atoms with van der Waals surface area (Å²) < 4.78 is 26.9. The summed E-state index contributed by atoms with van der Waals surface area (Å²) in [5.41, 5.74) is 0.738. The molecule has 1 atom stereocenters. The van der Waals surface area contributed by atoms with Gasteiger partial charge in [-0.15, -0.1) is 11.3 Å². The number of thiophene rings is 1. The van der Waals surface area contributed by atoms with Crippen molar-refractivity contribution in [2.45, 2.75) is 38.7 Å². The minimum Gasteiger partial charge on any atom is -0.391 e. The van der Waals surface area contributed by atoms with Crippen LogP contribution in [0.15, 0.2) is 10.3 Å². The molecule has 0 aromatic carbocycles. The zero-order valence-corrected chi connectivity index (χ0v) is 13.2. The first-order valence-corrected chi connectivity index (χ1v) is 8.88. The van der Waals surface area contributed by atoms with Gasteiger partial charge in [-0.25, -0.2) is 8.42 Å². The van der Waals surface area contributed by atoms with Gasteiger partial charge in [0.05, 0.1) is 11.5 Å². The van der Waals surface area contributed by atoms with E-state index in [9.17, 15) is 13.5 Å². The van der Waals surface area contributed by atoms with Crippen molar-refractivity contribution in [3.05, 3.63) is 15.8 Å². The molecule has 4 nitrogen and oxygen atoms in total. The van der Waals surface area contributed by atoms with Crippen LogP contribution in [-0.2, 0) is 16.6 Å². The molecule has 19 heavy (non-hydrogen) atoms. The first-order valence-electron chi connectivity index (χ1n) is 6.56. The van der Waals surface area contributed by atoms with Gasteiger partial charge in [0.2, 0.25) is 10.0 Å². The molecule has 1 saturated heterocycles. The molecule has 0 bridgehead atoms. The summed E-state index contributed by atoms with van der Waals surface area (Å²) in [7, 11) is -3.45. The molecule has 1 unspecified atom stereocenters. The van der Waals surface area contributed by atoms with Crippen LogP contribution in [0.2, 0.25) is 0 Å². The maximum absolute atomic E-state index is 12.7. The first kappa shape index (κ1) is 15.0. The van der Waals surface area contributed by atoms with Crippen LogP contribution in [0, 0.1) is 18.8 Å². The van der Waals surface area contributed by atoms with Gasteiger partial charge in [0, 0.05) is 13.1 Å². The van der Waals surface area contributed by atoms with Crippen LogP contribution >= 0.6 is 11.3 Å². The normalized spacial score (nSPS) is 21.4. The van der Waals surface area contributed by atoms with E-state index < -0.39 is 10.0 Å². The van der Waals surface area contributed by atoms with Crippen molar-refractivity contribution in [1.29, 1.82) is 0 Å². The van der Waals surface area contributed by atoms with Crippen LogP contribution in [0.4, 0.5) is 0 Å². The lowest BCUT2D eigenvalue weighted by Gasteiger charge is -2.18. The summed E-state index contributed by atoms with van der Waals surface area (Å²) in [4.78, 5) is 0.870. The third-order valence-corrected chi connectivity index (χ3v) is 7.18. The van der Waals surface area contributed by atoms with Crippen LogP contribution in [-0.4, -0.2) is 30.9 Å². The van der Waals surface area contributed by atoms with E-state index in [1.165, 1.54) is 11.3 Å². The molecule has 1 aromatic rings. The van der Waals surface area contributed by atoms with Gasteiger partial charge in [-0.2, -0.15) is 4.31 Å². The number of aliphatic hydroxyl groups excluding tert-OH is 1. The van der Waals surface area contributed by atoms with Gasteiger partial charge < -0.3 is 5.11 Å². The monoisotopic (exact) mass is 303 g/mol. The molecule has 108 valence electrons. The summed E-state index contributed by atoms with van der Waals surface area (Å²) in [6.07, 6.45) is 0.925. The smallest absolute Gasteiger partial charge is 0.244 e. The van der Waals surface area contributed by atoms with Gasteiger partial charge in [0.15, 0.2) is 0 Å². The maximum atomic E-state index is 12.7. The number of nitrogens with zero attached hydrogens (tertiary/aromatic N) is 1. The number of rotatable bonds is 4. The van der Waals surface area contributed by atoms with Gasteiger partial charge >= 0.3 is 0 Å². The standard InChI is InChI=1S/C13H21NO3S2/c1-9(2)11-4-5-14(6-11)19(16,17)13-10(3)8-18-12(13)7-15/h8-9,11,15H,4-7H2,1-3H3. The highest BCUT2D eigenvalue weighted by molar-refractivity contribution is 7.89. The Morgan fingerprint density at radius 1 is 1.53 bits per heavy atom. The predicted molar refractivity (Wildman–Crippen MR) is 76.7 cm³/mol. The Labute approximate surface area is 119 Å². The van der Waals surface area contributed by atoms with E-state index in [1.807, 2.05) is 0 Å². The van der Waals surface area contributed by atoms with E-state index in [-0.39, 0.29) is 6.61 Å². The van der Waals surface area contributed by atoms with Crippen molar-refractivity contribution >= 4 is 21.4 Å². The summed E-state index contributed by atoms with van der Waals surface area (Å²) in [5.74, 6) is 0.937. The van der Waals surface area contributed by atoms with Gasteiger partial charge in [-0.05, 0) is 36.1 Å². The Kier molecular flexibility index (Phi) is 4.35. The fourth-order valence-electron chi connectivity index (χ4n) is 2.59. The number of hydrogen-bond acceptors (Lipinski definition) is 4. The zero-order valence-electron chi connectivity index (χ0n) is 11.6. The molecular formula is C13H21NO3S2. The van der Waals surface area contributed by atoms with Gasteiger partial charge in [0.25, 0.3) is 0 Å². The minimum atomic E-state index is -3.45. The first-order chi connectivity index (χ1) is 8.87. The van der Waals surface area contributed by atoms with E-state index in [0.717, 1.165) is 12.0 Å². The lowest BCUT2D eigenvalue weighted by atomic mass is 9.96. The molecule has 0 aliphatic carbocycles. The largest absolute Gasteiger partial charge is 0.391 e. The van der Waals surface area contributed by atoms with Crippen molar-refractivity contribution in [2.24, 2.45) is 11.8 Å². The van der Waals surface area contributed by atoms with E-state index >= 15 is 0 Å². The molecule has 0 amide bonds. The average Bonchev–Trinajstić information content (AvgIpc) is 2.95. The van der Waals surface area contributed by atoms with Crippen molar-refractivity contribution in [1.82, 2.24) is 4.31 Å². The van der Waals surface area contributed by atoms with E-state index in [0.29, 0.717) is 34.7 Å². The Hall–Kier alpha value is -0.430.